The Morgan fingerprint density at radius 3 is 2.17 bits per heavy atom. The summed E-state index contributed by atoms with van der Waals surface area (Å²) in [6, 6.07) is 0.846. The summed E-state index contributed by atoms with van der Waals surface area (Å²) in [5.74, 6) is 4.90. The van der Waals surface area contributed by atoms with Crippen LogP contribution >= 0.6 is 0 Å². The molecule has 4 nitrogen and oxygen atoms in total. The van der Waals surface area contributed by atoms with Crippen LogP contribution in [0.4, 0.5) is 0 Å². The van der Waals surface area contributed by atoms with E-state index in [-0.39, 0.29) is 0 Å². The average molecular weight is 332 g/mol. The summed E-state index contributed by atoms with van der Waals surface area (Å²) in [7, 11) is 0. The van der Waals surface area contributed by atoms with Gasteiger partial charge >= 0.3 is 0 Å². The van der Waals surface area contributed by atoms with Gasteiger partial charge in [0, 0.05) is 51.9 Å². The molecule has 6 rings (SSSR count). The van der Waals surface area contributed by atoms with Crippen molar-refractivity contribution >= 4 is 5.91 Å². The second-order valence-electron chi connectivity index (χ2n) is 9.27. The molecule has 0 aromatic carbocycles. The Morgan fingerprint density at radius 1 is 0.917 bits per heavy atom. The molecule has 0 aromatic heterocycles. The summed E-state index contributed by atoms with van der Waals surface area (Å²) in [5, 5.41) is 0. The first-order valence-electron chi connectivity index (χ1n) is 10.4. The van der Waals surface area contributed by atoms with Crippen molar-refractivity contribution in [3.8, 4) is 0 Å². The Bertz CT molecular complexity index is 452. The molecular formula is C20H32N2O2. The first-order chi connectivity index (χ1) is 11.8. The number of carbonyl (C=O) groups is 1. The fourth-order valence-electron chi connectivity index (χ4n) is 6.88. The fraction of sp³-hybridized carbons (Fsp3) is 0.950. The van der Waals surface area contributed by atoms with Gasteiger partial charge in [0.2, 0.25) is 5.91 Å². The summed E-state index contributed by atoms with van der Waals surface area (Å²) < 4.78 is 5.42. The molecule has 2 aliphatic heterocycles. The number of piperazine rings is 1. The summed E-state index contributed by atoms with van der Waals surface area (Å²) >= 11 is 0. The lowest BCUT2D eigenvalue weighted by atomic mass is 9.54. The third-order valence-electron chi connectivity index (χ3n) is 7.75. The summed E-state index contributed by atoms with van der Waals surface area (Å²) in [5.41, 5.74) is 0. The zero-order valence-electron chi connectivity index (χ0n) is 14.9. The molecule has 1 amide bonds. The van der Waals surface area contributed by atoms with Crippen LogP contribution in [-0.4, -0.2) is 61.1 Å². The first-order valence-corrected chi connectivity index (χ1v) is 10.4. The molecule has 2 heterocycles. The van der Waals surface area contributed by atoms with Crippen molar-refractivity contribution in [3.05, 3.63) is 0 Å². The lowest BCUT2D eigenvalue weighted by Gasteiger charge is -2.58. The zero-order valence-corrected chi connectivity index (χ0v) is 14.9. The molecule has 134 valence electrons. The van der Waals surface area contributed by atoms with Gasteiger partial charge in [0.1, 0.15) is 0 Å². The molecule has 4 bridgehead atoms. The molecule has 0 aromatic rings. The summed E-state index contributed by atoms with van der Waals surface area (Å²) in [4.78, 5) is 17.4. The van der Waals surface area contributed by atoms with E-state index in [1.54, 1.807) is 0 Å². The van der Waals surface area contributed by atoms with E-state index in [0.717, 1.165) is 75.5 Å². The van der Waals surface area contributed by atoms with Gasteiger partial charge in [-0.05, 0) is 68.1 Å². The minimum Gasteiger partial charge on any atom is -0.381 e. The number of carbonyl (C=O) groups excluding carboxylic acids is 1. The maximum absolute atomic E-state index is 12.5. The highest BCUT2D eigenvalue weighted by atomic mass is 16.5. The number of hydrogen-bond donors (Lipinski definition) is 0. The van der Waals surface area contributed by atoms with Gasteiger partial charge in [0.05, 0.1) is 0 Å². The fourth-order valence-corrected chi connectivity index (χ4v) is 6.88. The summed E-state index contributed by atoms with van der Waals surface area (Å²) in [6.45, 7) is 5.77. The molecule has 1 unspecified atom stereocenters. The van der Waals surface area contributed by atoms with Crippen LogP contribution in [0.3, 0.4) is 0 Å². The van der Waals surface area contributed by atoms with Gasteiger partial charge < -0.3 is 9.64 Å². The van der Waals surface area contributed by atoms with Gasteiger partial charge in [-0.3, -0.25) is 9.69 Å². The molecule has 1 atom stereocenters. The van der Waals surface area contributed by atoms with Gasteiger partial charge in [-0.2, -0.15) is 0 Å². The van der Waals surface area contributed by atoms with E-state index in [0.29, 0.717) is 18.2 Å². The Labute approximate surface area is 145 Å². The van der Waals surface area contributed by atoms with E-state index in [2.05, 4.69) is 9.80 Å². The van der Waals surface area contributed by atoms with Crippen molar-refractivity contribution < 1.29 is 9.53 Å². The van der Waals surface area contributed by atoms with E-state index < -0.39 is 0 Å². The van der Waals surface area contributed by atoms with Crippen LogP contribution in [0.15, 0.2) is 0 Å². The van der Waals surface area contributed by atoms with Crippen molar-refractivity contribution in [2.24, 2.45) is 29.6 Å². The monoisotopic (exact) mass is 332 g/mol. The number of hydrogen-bond acceptors (Lipinski definition) is 3. The van der Waals surface area contributed by atoms with Crippen LogP contribution < -0.4 is 0 Å². The minimum atomic E-state index is 0.371. The predicted octanol–water partition coefficient (Wildman–Crippen LogP) is 2.38. The topological polar surface area (TPSA) is 32.8 Å². The number of amides is 1. The zero-order chi connectivity index (χ0) is 16.1. The second-order valence-corrected chi connectivity index (χ2v) is 9.27. The van der Waals surface area contributed by atoms with Crippen LogP contribution in [-0.2, 0) is 9.53 Å². The molecule has 6 fully saturated rings. The van der Waals surface area contributed by atoms with Crippen molar-refractivity contribution in [1.29, 1.82) is 0 Å². The molecule has 2 saturated heterocycles. The lowest BCUT2D eigenvalue weighted by Crippen LogP contribution is -2.60. The molecule has 4 aliphatic carbocycles. The molecule has 4 heteroatoms. The molecule has 0 radical (unpaired) electrons. The van der Waals surface area contributed by atoms with Crippen LogP contribution in [0, 0.1) is 29.6 Å². The maximum Gasteiger partial charge on any atom is 0.223 e. The molecule has 4 saturated carbocycles. The molecular weight excluding hydrogens is 300 g/mol. The molecule has 24 heavy (non-hydrogen) atoms. The third kappa shape index (κ3) is 2.80. The van der Waals surface area contributed by atoms with Gasteiger partial charge in [0.25, 0.3) is 0 Å². The van der Waals surface area contributed by atoms with E-state index in [4.69, 9.17) is 4.74 Å². The Balaban J connectivity index is 1.16. The highest BCUT2D eigenvalue weighted by Gasteiger charge is 2.50. The van der Waals surface area contributed by atoms with Crippen molar-refractivity contribution in [2.45, 2.75) is 51.0 Å². The maximum atomic E-state index is 12.5. The van der Waals surface area contributed by atoms with E-state index >= 15 is 0 Å². The Morgan fingerprint density at radius 2 is 1.58 bits per heavy atom. The Hall–Kier alpha value is -0.610. The van der Waals surface area contributed by atoms with Crippen LogP contribution in [0.2, 0.25) is 0 Å². The standard InChI is InChI=1S/C20H32N2O2/c23-19(12-14-1-6-24-13-14)21-2-4-22(5-3-21)20-17-8-15-7-16(10-17)11-18(20)9-15/h14-18,20H,1-13H2. The van der Waals surface area contributed by atoms with Crippen molar-refractivity contribution in [1.82, 2.24) is 9.80 Å². The van der Waals surface area contributed by atoms with Crippen LogP contribution in [0.1, 0.15) is 44.9 Å². The van der Waals surface area contributed by atoms with Gasteiger partial charge in [0.15, 0.2) is 0 Å². The highest BCUT2D eigenvalue weighted by Crippen LogP contribution is 2.55. The molecule has 0 N–H and O–H groups in total. The van der Waals surface area contributed by atoms with Crippen molar-refractivity contribution in [2.75, 3.05) is 39.4 Å². The van der Waals surface area contributed by atoms with Crippen molar-refractivity contribution in [3.63, 3.8) is 0 Å². The quantitative estimate of drug-likeness (QED) is 0.795. The molecule has 0 spiro atoms. The smallest absolute Gasteiger partial charge is 0.223 e. The largest absolute Gasteiger partial charge is 0.381 e. The van der Waals surface area contributed by atoms with Crippen LogP contribution in [0.25, 0.3) is 0 Å². The lowest BCUT2D eigenvalue weighted by molar-refractivity contribution is -0.136. The second kappa shape index (κ2) is 6.28. The summed E-state index contributed by atoms with van der Waals surface area (Å²) in [6.07, 6.45) is 9.30. The normalized spacial score (nSPS) is 45.1. The van der Waals surface area contributed by atoms with E-state index in [9.17, 15) is 4.79 Å². The SMILES string of the molecule is O=C(CC1CCOC1)N1CCN(C2C3CC4CC(C3)CC2C4)CC1. The van der Waals surface area contributed by atoms with Gasteiger partial charge in [-0.1, -0.05) is 0 Å². The average Bonchev–Trinajstić information content (AvgIpc) is 3.07. The van der Waals surface area contributed by atoms with Gasteiger partial charge in [-0.25, -0.2) is 0 Å². The number of rotatable bonds is 3. The first kappa shape index (κ1) is 15.6. The van der Waals surface area contributed by atoms with Gasteiger partial charge in [-0.15, -0.1) is 0 Å². The number of nitrogens with zero attached hydrogens (tertiary/aromatic N) is 2. The minimum absolute atomic E-state index is 0.371. The Kier molecular flexibility index (Phi) is 4.09. The highest BCUT2D eigenvalue weighted by molar-refractivity contribution is 5.76. The number of ether oxygens (including phenoxy) is 1. The van der Waals surface area contributed by atoms with E-state index in [1.807, 2.05) is 0 Å². The molecule has 6 aliphatic rings. The van der Waals surface area contributed by atoms with E-state index in [1.165, 1.54) is 32.1 Å². The van der Waals surface area contributed by atoms with Crippen LogP contribution in [0.5, 0.6) is 0 Å². The predicted molar refractivity (Wildman–Crippen MR) is 92.5 cm³/mol. The third-order valence-corrected chi connectivity index (χ3v) is 7.75.